The van der Waals surface area contributed by atoms with Crippen LogP contribution < -0.4 is 15.8 Å². The lowest BCUT2D eigenvalue weighted by atomic mass is 9.90. The predicted octanol–water partition coefficient (Wildman–Crippen LogP) is 3.82. The van der Waals surface area contributed by atoms with E-state index >= 15 is 0 Å². The summed E-state index contributed by atoms with van der Waals surface area (Å²) in [6.45, 7) is -0.284. The Kier molecular flexibility index (Phi) is 7.64. The van der Waals surface area contributed by atoms with Crippen molar-refractivity contribution in [3.8, 4) is 5.88 Å². The number of hydrogen-bond acceptors (Lipinski definition) is 8. The monoisotopic (exact) mass is 537 g/mol. The highest BCUT2D eigenvalue weighted by Crippen LogP contribution is 2.31. The average molecular weight is 537 g/mol. The number of urea groups is 1. The maximum atomic E-state index is 13.9. The van der Waals surface area contributed by atoms with Gasteiger partial charge >= 0.3 is 12.2 Å². The van der Waals surface area contributed by atoms with Crippen LogP contribution in [0.25, 0.3) is 0 Å². The van der Waals surface area contributed by atoms with Crippen LogP contribution in [0.15, 0.2) is 36.7 Å². The molecular weight excluding hydrogens is 517 g/mol. The maximum Gasteiger partial charge on any atom is 0.451 e. The highest BCUT2D eigenvalue weighted by atomic mass is 19.4. The third kappa shape index (κ3) is 6.10. The number of Topliss-reactive ketones (excluding diaryl/α,β-unsaturated/α-hetero) is 1. The van der Waals surface area contributed by atoms with Crippen LogP contribution >= 0.6 is 0 Å². The summed E-state index contributed by atoms with van der Waals surface area (Å²) in [6, 6.07) is 3.61. The van der Waals surface area contributed by atoms with Gasteiger partial charge in [0.15, 0.2) is 6.61 Å². The van der Waals surface area contributed by atoms with Gasteiger partial charge in [-0.3, -0.25) is 4.79 Å². The lowest BCUT2D eigenvalue weighted by Crippen LogP contribution is -2.41. The first-order chi connectivity index (χ1) is 18.0. The van der Waals surface area contributed by atoms with Gasteiger partial charge < -0.3 is 20.7 Å². The standard InChI is InChI=1S/C23H20F5N7O3/c24-14-2-1-3-15(25)19(14)34-22(37)35-8-5-12(6-9-35)18-13(10-31-21(29)33-18)16(36)11-38-17-4-7-30-20(32-17)23(26,27)28/h1-4,7,10,12H,5-6,8-9,11H2,(H,34,37)(H2,29,31,33). The molecule has 0 bridgehead atoms. The highest BCUT2D eigenvalue weighted by molar-refractivity contribution is 5.98. The molecule has 1 saturated heterocycles. The van der Waals surface area contributed by atoms with Crippen molar-refractivity contribution >= 4 is 23.5 Å². The van der Waals surface area contributed by atoms with Crippen molar-refractivity contribution in [1.29, 1.82) is 0 Å². The first-order valence-electron chi connectivity index (χ1n) is 11.2. The lowest BCUT2D eigenvalue weighted by Gasteiger charge is -2.32. The number of halogens is 5. The van der Waals surface area contributed by atoms with E-state index in [1.165, 1.54) is 17.2 Å². The molecule has 3 aromatic rings. The molecule has 0 unspecified atom stereocenters. The zero-order valence-corrected chi connectivity index (χ0v) is 19.5. The fourth-order valence-electron chi connectivity index (χ4n) is 3.87. The molecule has 3 N–H and O–H groups in total. The number of amides is 2. The van der Waals surface area contributed by atoms with Gasteiger partial charge in [0.1, 0.15) is 17.3 Å². The van der Waals surface area contributed by atoms with Crippen molar-refractivity contribution in [1.82, 2.24) is 24.8 Å². The molecule has 0 radical (unpaired) electrons. The second-order valence-electron chi connectivity index (χ2n) is 8.24. The van der Waals surface area contributed by atoms with Gasteiger partial charge in [-0.05, 0) is 25.0 Å². The Bertz CT molecular complexity index is 1330. The van der Waals surface area contributed by atoms with Gasteiger partial charge in [0.2, 0.25) is 23.4 Å². The molecule has 0 spiro atoms. The van der Waals surface area contributed by atoms with Gasteiger partial charge in [0, 0.05) is 37.5 Å². The van der Waals surface area contributed by atoms with Gasteiger partial charge in [-0.2, -0.15) is 18.2 Å². The summed E-state index contributed by atoms with van der Waals surface area (Å²) in [5.74, 6) is -4.72. The van der Waals surface area contributed by atoms with Crippen molar-refractivity contribution in [2.24, 2.45) is 0 Å². The number of piperidine rings is 1. The molecule has 200 valence electrons. The Morgan fingerprint density at radius 1 is 1.08 bits per heavy atom. The van der Waals surface area contributed by atoms with Gasteiger partial charge in [-0.25, -0.2) is 28.5 Å². The Morgan fingerprint density at radius 2 is 1.76 bits per heavy atom. The summed E-state index contributed by atoms with van der Waals surface area (Å²) in [4.78, 5) is 41.1. The van der Waals surface area contributed by atoms with Gasteiger partial charge in [-0.15, -0.1) is 0 Å². The topological polar surface area (TPSA) is 136 Å². The number of anilines is 2. The Balaban J connectivity index is 1.41. The highest BCUT2D eigenvalue weighted by Gasteiger charge is 2.35. The maximum absolute atomic E-state index is 13.9. The van der Waals surface area contributed by atoms with E-state index in [2.05, 4.69) is 25.3 Å². The second kappa shape index (κ2) is 10.9. The summed E-state index contributed by atoms with van der Waals surface area (Å²) < 4.78 is 71.3. The molecule has 2 amide bonds. The number of nitrogens with zero attached hydrogens (tertiary/aromatic N) is 5. The summed E-state index contributed by atoms with van der Waals surface area (Å²) >= 11 is 0. The second-order valence-corrected chi connectivity index (χ2v) is 8.24. The van der Waals surface area contributed by atoms with Crippen LogP contribution in [-0.4, -0.2) is 56.3 Å². The number of aromatic nitrogens is 4. The van der Waals surface area contributed by atoms with Gasteiger partial charge in [-0.1, -0.05) is 6.07 Å². The van der Waals surface area contributed by atoms with Crippen LogP contribution in [0, 0.1) is 11.6 Å². The quantitative estimate of drug-likeness (QED) is 0.358. The first-order valence-corrected chi connectivity index (χ1v) is 11.2. The van der Waals surface area contributed by atoms with Crippen molar-refractivity contribution in [2.75, 3.05) is 30.7 Å². The van der Waals surface area contributed by atoms with Crippen molar-refractivity contribution in [3.63, 3.8) is 0 Å². The minimum atomic E-state index is -4.78. The smallest absolute Gasteiger partial charge is 0.451 e. The molecule has 3 heterocycles. The molecule has 0 saturated carbocycles. The number of nitrogens with one attached hydrogen (secondary N) is 1. The van der Waals surface area contributed by atoms with Crippen LogP contribution in [0.3, 0.4) is 0 Å². The average Bonchev–Trinajstić information content (AvgIpc) is 2.89. The number of carbonyl (C=O) groups excluding carboxylic acids is 2. The number of rotatable bonds is 6. The van der Waals surface area contributed by atoms with Crippen LogP contribution in [0.1, 0.15) is 40.6 Å². The number of carbonyl (C=O) groups is 2. The van der Waals surface area contributed by atoms with E-state index in [-0.39, 0.29) is 30.5 Å². The van der Waals surface area contributed by atoms with Crippen LogP contribution in [0.2, 0.25) is 0 Å². The van der Waals surface area contributed by atoms with Crippen molar-refractivity contribution < 1.29 is 36.3 Å². The van der Waals surface area contributed by atoms with Crippen molar-refractivity contribution in [2.45, 2.75) is 24.9 Å². The van der Waals surface area contributed by atoms with E-state index in [0.29, 0.717) is 18.5 Å². The fraction of sp³-hybridized carbons (Fsp3) is 0.304. The van der Waals surface area contributed by atoms with Gasteiger partial charge in [0.25, 0.3) is 0 Å². The Morgan fingerprint density at radius 3 is 2.42 bits per heavy atom. The molecule has 38 heavy (non-hydrogen) atoms. The minimum Gasteiger partial charge on any atom is -0.469 e. The van der Waals surface area contributed by atoms with E-state index in [0.717, 1.165) is 24.4 Å². The number of alkyl halides is 3. The third-order valence-electron chi connectivity index (χ3n) is 5.74. The van der Waals surface area contributed by atoms with Gasteiger partial charge in [0.05, 0.1) is 11.3 Å². The summed E-state index contributed by atoms with van der Waals surface area (Å²) in [5.41, 5.74) is 5.51. The van der Waals surface area contributed by atoms with E-state index in [1.807, 2.05) is 0 Å². The lowest BCUT2D eigenvalue weighted by molar-refractivity contribution is -0.145. The predicted molar refractivity (Wildman–Crippen MR) is 122 cm³/mol. The first kappa shape index (κ1) is 26.6. The summed E-state index contributed by atoms with van der Waals surface area (Å²) in [7, 11) is 0. The Hall–Kier alpha value is -4.43. The molecule has 10 nitrogen and oxygen atoms in total. The fourth-order valence-corrected chi connectivity index (χ4v) is 3.87. The molecule has 1 aliphatic heterocycles. The minimum absolute atomic E-state index is 0.0561. The van der Waals surface area contributed by atoms with Crippen molar-refractivity contribution in [3.05, 3.63) is 65.4 Å². The van der Waals surface area contributed by atoms with Crippen LogP contribution in [0.5, 0.6) is 5.88 Å². The third-order valence-corrected chi connectivity index (χ3v) is 5.74. The Labute approximate surface area is 212 Å². The SMILES string of the molecule is Nc1ncc(C(=O)COc2ccnc(C(F)(F)F)n2)c(C2CCN(C(=O)Nc3c(F)cccc3F)CC2)n1. The number of para-hydroxylation sites is 1. The molecular formula is C23H20F5N7O3. The largest absolute Gasteiger partial charge is 0.469 e. The summed E-state index contributed by atoms with van der Waals surface area (Å²) in [5, 5.41) is 2.23. The molecule has 2 aromatic heterocycles. The molecule has 0 atom stereocenters. The van der Waals surface area contributed by atoms with E-state index in [9.17, 15) is 31.5 Å². The van der Waals surface area contributed by atoms with E-state index in [1.54, 1.807) is 0 Å². The number of hydrogen-bond donors (Lipinski definition) is 2. The molecule has 1 aliphatic rings. The van der Waals surface area contributed by atoms with Crippen LogP contribution in [0.4, 0.5) is 38.4 Å². The molecule has 15 heteroatoms. The number of likely N-dealkylation sites (tertiary alicyclic amines) is 1. The zero-order valence-electron chi connectivity index (χ0n) is 19.5. The van der Waals surface area contributed by atoms with Crippen LogP contribution in [-0.2, 0) is 6.18 Å². The molecule has 1 fully saturated rings. The zero-order chi connectivity index (χ0) is 27.4. The normalized spacial score (nSPS) is 14.3. The van der Waals surface area contributed by atoms with E-state index < -0.39 is 53.6 Å². The number of benzene rings is 1. The molecule has 0 aliphatic carbocycles. The van der Waals surface area contributed by atoms with E-state index in [4.69, 9.17) is 10.5 Å². The number of nitrogen functional groups attached to an aromatic ring is 1. The number of nitrogens with two attached hydrogens (primary N) is 1. The number of ketones is 1. The molecule has 1 aromatic carbocycles. The number of ether oxygens (including phenoxy) is 1. The summed E-state index contributed by atoms with van der Waals surface area (Å²) in [6.07, 6.45) is -2.05. The molecule has 4 rings (SSSR count).